The van der Waals surface area contributed by atoms with Crippen molar-refractivity contribution in [2.24, 2.45) is 0 Å². The highest BCUT2D eigenvalue weighted by Gasteiger charge is 2.24. The lowest BCUT2D eigenvalue weighted by molar-refractivity contribution is 0.655. The van der Waals surface area contributed by atoms with Crippen LogP contribution < -0.4 is 0 Å². The van der Waals surface area contributed by atoms with Gasteiger partial charge in [0, 0.05) is 44.1 Å². The highest BCUT2D eigenvalue weighted by Crippen LogP contribution is 2.44. The maximum atomic E-state index is 6.46. The first-order valence-corrected chi connectivity index (χ1v) is 18.8. The van der Waals surface area contributed by atoms with Crippen LogP contribution in [0.1, 0.15) is 0 Å². The molecule has 0 fully saturated rings. The molecule has 0 atom stereocenters. The lowest BCUT2D eigenvalue weighted by Gasteiger charge is -2.12. The van der Waals surface area contributed by atoms with Crippen molar-refractivity contribution in [1.29, 1.82) is 0 Å². The summed E-state index contributed by atoms with van der Waals surface area (Å²) >= 11 is 0. The molecule has 0 N–H and O–H groups in total. The van der Waals surface area contributed by atoms with Crippen LogP contribution in [0.15, 0.2) is 199 Å². The van der Waals surface area contributed by atoms with E-state index >= 15 is 0 Å². The fraction of sp³-hybridized carbons (Fsp3) is 0. The van der Waals surface area contributed by atoms with Crippen LogP contribution >= 0.6 is 0 Å². The van der Waals surface area contributed by atoms with E-state index < -0.39 is 0 Å². The number of fused-ring (bicyclic) bond motifs is 7. The minimum absolute atomic E-state index is 0.639. The van der Waals surface area contributed by atoms with Crippen molar-refractivity contribution in [2.45, 2.75) is 0 Å². The highest BCUT2D eigenvalue weighted by atomic mass is 16.3. The zero-order valence-corrected chi connectivity index (χ0v) is 30.2. The molecule has 0 saturated carbocycles. The zero-order chi connectivity index (χ0) is 37.0. The third-order valence-corrected chi connectivity index (χ3v) is 10.7. The van der Waals surface area contributed by atoms with Crippen LogP contribution in [0, 0.1) is 0 Å². The Morgan fingerprint density at radius 1 is 0.393 bits per heavy atom. The largest absolute Gasteiger partial charge is 0.438 e. The molecule has 0 aliphatic carbocycles. The van der Waals surface area contributed by atoms with E-state index in [9.17, 15) is 0 Å². The fourth-order valence-corrected chi connectivity index (χ4v) is 7.99. The normalized spacial score (nSPS) is 11.6. The third kappa shape index (κ3) is 5.29. The Labute approximate surface area is 322 Å². The van der Waals surface area contributed by atoms with Crippen LogP contribution in [-0.4, -0.2) is 19.5 Å². The number of furan rings is 1. The number of benzene rings is 7. The molecule has 4 heterocycles. The summed E-state index contributed by atoms with van der Waals surface area (Å²) in [4.78, 5) is 15.3. The Kier molecular flexibility index (Phi) is 7.42. The first kappa shape index (κ1) is 31.9. The monoisotopic (exact) mass is 716 g/mol. The molecule has 262 valence electrons. The second-order valence-corrected chi connectivity index (χ2v) is 14.0. The van der Waals surface area contributed by atoms with E-state index in [1.807, 2.05) is 48.5 Å². The lowest BCUT2D eigenvalue weighted by atomic mass is 9.99. The molecule has 0 radical (unpaired) electrons. The Morgan fingerprint density at radius 3 is 1.59 bits per heavy atom. The van der Waals surface area contributed by atoms with E-state index in [4.69, 9.17) is 19.4 Å². The molecule has 0 amide bonds. The van der Waals surface area contributed by atoms with Crippen LogP contribution in [0.25, 0.3) is 106 Å². The van der Waals surface area contributed by atoms with Gasteiger partial charge >= 0.3 is 0 Å². The maximum absolute atomic E-state index is 6.46. The van der Waals surface area contributed by atoms with Crippen molar-refractivity contribution in [3.8, 4) is 62.0 Å². The molecule has 0 aliphatic heterocycles. The van der Waals surface area contributed by atoms with Crippen LogP contribution in [0.4, 0.5) is 0 Å². The van der Waals surface area contributed by atoms with Crippen molar-refractivity contribution in [2.75, 3.05) is 0 Å². The van der Waals surface area contributed by atoms with E-state index in [0.29, 0.717) is 11.5 Å². The summed E-state index contributed by atoms with van der Waals surface area (Å²) in [6.07, 6.45) is 0. The van der Waals surface area contributed by atoms with Gasteiger partial charge in [0.15, 0.2) is 5.82 Å². The smallest absolute Gasteiger partial charge is 0.228 e. The van der Waals surface area contributed by atoms with Gasteiger partial charge < -0.3 is 8.98 Å². The molecule has 5 heteroatoms. The lowest BCUT2D eigenvalue weighted by Crippen LogP contribution is -1.97. The number of rotatable bonds is 6. The molecule has 0 aliphatic rings. The number of pyridine rings is 1. The number of hydrogen-bond acceptors (Lipinski definition) is 4. The predicted molar refractivity (Wildman–Crippen MR) is 229 cm³/mol. The molecular formula is C51H32N4O. The Balaban J connectivity index is 1.02. The summed E-state index contributed by atoms with van der Waals surface area (Å²) in [5, 5.41) is 4.41. The summed E-state index contributed by atoms with van der Waals surface area (Å²) in [7, 11) is 0. The number of aromatic nitrogens is 4. The number of para-hydroxylation sites is 3. The molecule has 0 spiro atoms. The van der Waals surface area contributed by atoms with Gasteiger partial charge in [0.25, 0.3) is 0 Å². The van der Waals surface area contributed by atoms with Crippen molar-refractivity contribution in [3.63, 3.8) is 0 Å². The second-order valence-electron chi connectivity index (χ2n) is 14.0. The third-order valence-electron chi connectivity index (χ3n) is 10.7. The highest BCUT2D eigenvalue weighted by molar-refractivity contribution is 6.28. The van der Waals surface area contributed by atoms with Crippen molar-refractivity contribution in [3.05, 3.63) is 194 Å². The topological polar surface area (TPSA) is 56.7 Å². The first-order chi connectivity index (χ1) is 27.8. The molecule has 5 nitrogen and oxygen atoms in total. The summed E-state index contributed by atoms with van der Waals surface area (Å²) in [5.74, 6) is 0.705. The van der Waals surface area contributed by atoms with Crippen molar-refractivity contribution in [1.82, 2.24) is 19.5 Å². The summed E-state index contributed by atoms with van der Waals surface area (Å²) < 4.78 is 8.81. The zero-order valence-electron chi connectivity index (χ0n) is 30.2. The molecule has 0 unspecified atom stereocenters. The fourth-order valence-electron chi connectivity index (χ4n) is 7.99. The van der Waals surface area contributed by atoms with Gasteiger partial charge in [0.1, 0.15) is 5.58 Å². The van der Waals surface area contributed by atoms with E-state index in [1.54, 1.807) is 0 Å². The molecule has 0 bridgehead atoms. The summed E-state index contributed by atoms with van der Waals surface area (Å²) in [5.41, 5.74) is 13.7. The van der Waals surface area contributed by atoms with Crippen LogP contribution in [0.3, 0.4) is 0 Å². The minimum Gasteiger partial charge on any atom is -0.438 e. The van der Waals surface area contributed by atoms with Gasteiger partial charge in [-0.05, 0) is 41.5 Å². The molecule has 7 aromatic carbocycles. The van der Waals surface area contributed by atoms with Crippen molar-refractivity contribution >= 4 is 43.9 Å². The minimum atomic E-state index is 0.639. The Bertz CT molecular complexity index is 3150. The van der Waals surface area contributed by atoms with Gasteiger partial charge in [-0.25, -0.2) is 15.0 Å². The molecule has 0 saturated heterocycles. The van der Waals surface area contributed by atoms with Crippen LogP contribution in [0.2, 0.25) is 0 Å². The SMILES string of the molecule is c1ccc(-c2cc(-c3ccc(-c4ccc(-c5nc6oc7ccccc7c6c6c7ccccc7n(-c7ccccc7)c56)cc4)cc3)nc(-c3ccccc3)n2)cc1. The summed E-state index contributed by atoms with van der Waals surface area (Å²) in [6.45, 7) is 0. The maximum Gasteiger partial charge on any atom is 0.228 e. The quantitative estimate of drug-likeness (QED) is 0.172. The molecule has 11 aromatic rings. The van der Waals surface area contributed by atoms with Gasteiger partial charge in [-0.15, -0.1) is 0 Å². The predicted octanol–water partition coefficient (Wildman–Crippen LogP) is 13.2. The Hall–Kier alpha value is -7.63. The average Bonchev–Trinajstić information content (AvgIpc) is 3.83. The second kappa shape index (κ2) is 13.0. The van der Waals surface area contributed by atoms with E-state index in [0.717, 1.165) is 88.9 Å². The van der Waals surface area contributed by atoms with Gasteiger partial charge in [-0.1, -0.05) is 164 Å². The van der Waals surface area contributed by atoms with E-state index in [1.165, 1.54) is 5.39 Å². The van der Waals surface area contributed by atoms with Gasteiger partial charge in [0.2, 0.25) is 5.71 Å². The Morgan fingerprint density at radius 2 is 0.911 bits per heavy atom. The average molecular weight is 717 g/mol. The molecular weight excluding hydrogens is 685 g/mol. The standard InChI is InChI=1S/C51H32N4O/c1-4-14-35(15-5-1)42-32-43(53-50(52-42)38-16-6-2-7-17-38)36-28-24-33(25-29-36)34-26-30-37(31-27-34)48-49-46(47-41-21-11-13-23-45(41)56-51(47)54-48)40-20-10-12-22-44(40)55(49)39-18-8-3-9-19-39/h1-32H. The van der Waals surface area contributed by atoms with Gasteiger partial charge in [-0.3, -0.25) is 0 Å². The number of hydrogen-bond donors (Lipinski definition) is 0. The van der Waals surface area contributed by atoms with Crippen molar-refractivity contribution < 1.29 is 4.42 Å². The molecule has 56 heavy (non-hydrogen) atoms. The van der Waals surface area contributed by atoms with Crippen LogP contribution in [-0.2, 0) is 0 Å². The van der Waals surface area contributed by atoms with E-state index in [2.05, 4.69) is 150 Å². The van der Waals surface area contributed by atoms with E-state index in [-0.39, 0.29) is 0 Å². The number of nitrogens with zero attached hydrogens (tertiary/aromatic N) is 4. The van der Waals surface area contributed by atoms with Gasteiger partial charge in [0.05, 0.1) is 33.5 Å². The van der Waals surface area contributed by atoms with Gasteiger partial charge in [-0.2, -0.15) is 0 Å². The molecule has 4 aromatic heterocycles. The summed E-state index contributed by atoms with van der Waals surface area (Å²) in [6, 6.07) is 67.3. The first-order valence-electron chi connectivity index (χ1n) is 18.8. The van der Waals surface area contributed by atoms with Crippen LogP contribution in [0.5, 0.6) is 0 Å². The molecule has 11 rings (SSSR count).